The molecule has 1 atom stereocenters. The highest BCUT2D eigenvalue weighted by molar-refractivity contribution is 4.80. The van der Waals surface area contributed by atoms with E-state index in [2.05, 4.69) is 50.0 Å². The minimum absolute atomic E-state index is 0.455. The third-order valence-electron chi connectivity index (χ3n) is 3.63. The molecular weight excluding hydrogens is 210 g/mol. The van der Waals surface area contributed by atoms with Crippen LogP contribution in [0.5, 0.6) is 0 Å². The number of rotatable bonds is 6. The van der Waals surface area contributed by atoms with Crippen molar-refractivity contribution < 1.29 is 0 Å². The lowest BCUT2D eigenvalue weighted by Gasteiger charge is -2.21. The molecule has 0 aromatic carbocycles. The van der Waals surface area contributed by atoms with E-state index in [1.165, 1.54) is 32.5 Å². The molecule has 0 bridgehead atoms. The summed E-state index contributed by atoms with van der Waals surface area (Å²) in [5.41, 5.74) is 0.455. The smallest absolute Gasteiger partial charge is 0.0229 e. The summed E-state index contributed by atoms with van der Waals surface area (Å²) >= 11 is 0. The molecule has 3 nitrogen and oxygen atoms in total. The summed E-state index contributed by atoms with van der Waals surface area (Å²) in [6.45, 7) is 12.9. The Morgan fingerprint density at radius 3 is 2.47 bits per heavy atom. The Kier molecular flexibility index (Phi) is 5.90. The van der Waals surface area contributed by atoms with Gasteiger partial charge in [-0.25, -0.2) is 0 Å². The fraction of sp³-hybridized carbons (Fsp3) is 1.00. The predicted molar refractivity (Wildman–Crippen MR) is 75.5 cm³/mol. The minimum Gasteiger partial charge on any atom is -0.315 e. The van der Waals surface area contributed by atoms with Gasteiger partial charge in [-0.3, -0.25) is 0 Å². The van der Waals surface area contributed by atoms with Crippen LogP contribution in [0, 0.1) is 5.41 Å². The molecule has 3 heteroatoms. The molecular formula is C14H31N3. The Hall–Kier alpha value is -0.120. The van der Waals surface area contributed by atoms with Crippen molar-refractivity contribution in [2.24, 2.45) is 5.41 Å². The number of nitrogens with one attached hydrogen (secondary N) is 1. The van der Waals surface area contributed by atoms with Crippen molar-refractivity contribution in [3.63, 3.8) is 0 Å². The zero-order valence-corrected chi connectivity index (χ0v) is 12.4. The number of nitrogens with zero attached hydrogens (tertiary/aromatic N) is 2. The molecule has 1 aliphatic rings. The molecule has 0 aromatic heterocycles. The molecule has 1 heterocycles. The summed E-state index contributed by atoms with van der Waals surface area (Å²) in [6, 6.07) is 0.768. The van der Waals surface area contributed by atoms with Gasteiger partial charge in [0.15, 0.2) is 0 Å². The summed E-state index contributed by atoms with van der Waals surface area (Å²) in [7, 11) is 4.38. The van der Waals surface area contributed by atoms with E-state index in [9.17, 15) is 0 Å². The van der Waals surface area contributed by atoms with Gasteiger partial charge in [0.05, 0.1) is 0 Å². The first-order valence-corrected chi connectivity index (χ1v) is 6.98. The molecule has 0 aliphatic carbocycles. The minimum atomic E-state index is 0.455. The van der Waals surface area contributed by atoms with E-state index in [1.54, 1.807) is 0 Å². The second-order valence-electron chi connectivity index (χ2n) is 6.77. The second-order valence-corrected chi connectivity index (χ2v) is 6.77. The molecule has 1 rings (SSSR count). The molecule has 1 fully saturated rings. The van der Waals surface area contributed by atoms with Gasteiger partial charge in [-0.05, 0) is 45.4 Å². The van der Waals surface area contributed by atoms with Crippen molar-refractivity contribution in [3.05, 3.63) is 0 Å². The lowest BCUT2D eigenvalue weighted by Crippen LogP contribution is -2.35. The maximum Gasteiger partial charge on any atom is 0.0229 e. The predicted octanol–water partition coefficient (Wildman–Crippen LogP) is 1.65. The lowest BCUT2D eigenvalue weighted by molar-refractivity contribution is 0.267. The largest absolute Gasteiger partial charge is 0.315 e. The van der Waals surface area contributed by atoms with E-state index in [1.807, 2.05) is 0 Å². The standard InChI is InChI=1S/C14H31N3/c1-14(2,3)7-8-15-9-11-17-10-6-13(12-17)16(4)5/h13,15H,6-12H2,1-5H3. The fourth-order valence-electron chi connectivity index (χ4n) is 2.26. The van der Waals surface area contributed by atoms with Crippen molar-refractivity contribution in [3.8, 4) is 0 Å². The third-order valence-corrected chi connectivity index (χ3v) is 3.63. The van der Waals surface area contributed by atoms with Gasteiger partial charge in [-0.2, -0.15) is 0 Å². The highest BCUT2D eigenvalue weighted by atomic mass is 15.2. The lowest BCUT2D eigenvalue weighted by atomic mass is 9.92. The van der Waals surface area contributed by atoms with Crippen LogP contribution in [0.4, 0.5) is 0 Å². The first-order chi connectivity index (χ1) is 7.88. The number of hydrogen-bond acceptors (Lipinski definition) is 3. The SMILES string of the molecule is CN(C)C1CCN(CCNCCC(C)(C)C)C1. The van der Waals surface area contributed by atoms with Crippen LogP contribution in [0.1, 0.15) is 33.6 Å². The maximum absolute atomic E-state index is 3.56. The summed E-state index contributed by atoms with van der Waals surface area (Å²) < 4.78 is 0. The van der Waals surface area contributed by atoms with Crippen LogP contribution < -0.4 is 5.32 Å². The van der Waals surface area contributed by atoms with Crippen molar-refractivity contribution in [2.45, 2.75) is 39.7 Å². The van der Waals surface area contributed by atoms with Gasteiger partial charge in [0.25, 0.3) is 0 Å². The van der Waals surface area contributed by atoms with Gasteiger partial charge in [0, 0.05) is 25.7 Å². The average Bonchev–Trinajstić information content (AvgIpc) is 2.64. The van der Waals surface area contributed by atoms with Crippen molar-refractivity contribution in [1.82, 2.24) is 15.1 Å². The van der Waals surface area contributed by atoms with E-state index in [0.717, 1.165) is 19.1 Å². The van der Waals surface area contributed by atoms with Crippen molar-refractivity contribution >= 4 is 0 Å². The topological polar surface area (TPSA) is 18.5 Å². The van der Waals surface area contributed by atoms with E-state index in [-0.39, 0.29) is 0 Å². The first-order valence-electron chi connectivity index (χ1n) is 6.98. The molecule has 0 saturated carbocycles. The van der Waals surface area contributed by atoms with E-state index in [0.29, 0.717) is 5.41 Å². The quantitative estimate of drug-likeness (QED) is 0.713. The Labute approximate surface area is 108 Å². The second kappa shape index (κ2) is 6.72. The van der Waals surface area contributed by atoms with Crippen LogP contribution in [0.25, 0.3) is 0 Å². The van der Waals surface area contributed by atoms with E-state index < -0.39 is 0 Å². The molecule has 102 valence electrons. The fourth-order valence-corrected chi connectivity index (χ4v) is 2.26. The third kappa shape index (κ3) is 6.39. The highest BCUT2D eigenvalue weighted by Crippen LogP contribution is 2.17. The zero-order chi connectivity index (χ0) is 12.9. The van der Waals surface area contributed by atoms with Crippen LogP contribution >= 0.6 is 0 Å². The summed E-state index contributed by atoms with van der Waals surface area (Å²) in [5.74, 6) is 0. The Morgan fingerprint density at radius 1 is 1.24 bits per heavy atom. The van der Waals surface area contributed by atoms with Gasteiger partial charge in [0.2, 0.25) is 0 Å². The maximum atomic E-state index is 3.56. The van der Waals surface area contributed by atoms with E-state index >= 15 is 0 Å². The summed E-state index contributed by atoms with van der Waals surface area (Å²) in [6.07, 6.45) is 2.59. The molecule has 1 N–H and O–H groups in total. The summed E-state index contributed by atoms with van der Waals surface area (Å²) in [5, 5.41) is 3.56. The Balaban J connectivity index is 2.01. The molecule has 0 radical (unpaired) electrons. The molecule has 1 unspecified atom stereocenters. The number of likely N-dealkylation sites (N-methyl/N-ethyl adjacent to an activating group) is 1. The monoisotopic (exact) mass is 241 g/mol. The first kappa shape index (κ1) is 14.9. The number of likely N-dealkylation sites (tertiary alicyclic amines) is 1. The van der Waals surface area contributed by atoms with Gasteiger partial charge in [-0.1, -0.05) is 20.8 Å². The summed E-state index contributed by atoms with van der Waals surface area (Å²) in [4.78, 5) is 4.93. The van der Waals surface area contributed by atoms with Gasteiger partial charge in [0.1, 0.15) is 0 Å². The van der Waals surface area contributed by atoms with Gasteiger partial charge >= 0.3 is 0 Å². The van der Waals surface area contributed by atoms with E-state index in [4.69, 9.17) is 0 Å². The van der Waals surface area contributed by atoms with Crippen LogP contribution in [0.3, 0.4) is 0 Å². The van der Waals surface area contributed by atoms with Crippen LogP contribution in [0.2, 0.25) is 0 Å². The van der Waals surface area contributed by atoms with Crippen molar-refractivity contribution in [1.29, 1.82) is 0 Å². The normalized spacial score (nSPS) is 22.6. The Morgan fingerprint density at radius 2 is 1.94 bits per heavy atom. The van der Waals surface area contributed by atoms with Crippen LogP contribution in [0.15, 0.2) is 0 Å². The molecule has 17 heavy (non-hydrogen) atoms. The van der Waals surface area contributed by atoms with Gasteiger partial charge in [-0.15, -0.1) is 0 Å². The van der Waals surface area contributed by atoms with Crippen molar-refractivity contribution in [2.75, 3.05) is 46.8 Å². The molecule has 0 amide bonds. The van der Waals surface area contributed by atoms with Crippen LogP contribution in [-0.4, -0.2) is 62.7 Å². The highest BCUT2D eigenvalue weighted by Gasteiger charge is 2.23. The Bertz CT molecular complexity index is 208. The van der Waals surface area contributed by atoms with Gasteiger partial charge < -0.3 is 15.1 Å². The molecule has 0 aromatic rings. The average molecular weight is 241 g/mol. The molecule has 1 saturated heterocycles. The number of hydrogen-bond donors (Lipinski definition) is 1. The van der Waals surface area contributed by atoms with Crippen LogP contribution in [-0.2, 0) is 0 Å². The molecule has 0 spiro atoms. The molecule has 1 aliphatic heterocycles. The zero-order valence-electron chi connectivity index (χ0n) is 12.4.